The van der Waals surface area contributed by atoms with E-state index in [1.54, 1.807) is 0 Å². The Bertz CT molecular complexity index is 298. The lowest BCUT2D eigenvalue weighted by Gasteiger charge is -2.28. The molecule has 0 saturated carbocycles. The average Bonchev–Trinajstić information content (AvgIpc) is 2.62. The van der Waals surface area contributed by atoms with Crippen LogP contribution in [-0.2, 0) is 13.6 Å². The molecule has 0 bridgehead atoms. The summed E-state index contributed by atoms with van der Waals surface area (Å²) >= 11 is 5.79. The normalized spacial score (nSPS) is 15.2. The van der Waals surface area contributed by atoms with Crippen molar-refractivity contribution in [1.82, 2.24) is 15.1 Å². The summed E-state index contributed by atoms with van der Waals surface area (Å²) in [4.78, 5) is 0. The number of nitrogens with zero attached hydrogens (tertiary/aromatic N) is 2. The van der Waals surface area contributed by atoms with E-state index < -0.39 is 0 Å². The molecule has 1 N–H and O–H groups in total. The Morgan fingerprint density at radius 1 is 1.60 bits per heavy atom. The minimum absolute atomic E-state index is 0.124. The number of hydrogen-bond acceptors (Lipinski definition) is 2. The Morgan fingerprint density at radius 2 is 2.33 bits per heavy atom. The van der Waals surface area contributed by atoms with Crippen LogP contribution >= 0.6 is 11.6 Å². The zero-order chi connectivity index (χ0) is 11.3. The molecule has 86 valence electrons. The molecule has 0 fully saturated rings. The highest BCUT2D eigenvalue weighted by Crippen LogP contribution is 2.15. The molecule has 0 aliphatic heterocycles. The van der Waals surface area contributed by atoms with Crippen molar-refractivity contribution in [2.24, 2.45) is 7.05 Å². The molecular formula is C11H20ClN3. The van der Waals surface area contributed by atoms with Crippen LogP contribution in [0.3, 0.4) is 0 Å². The quantitative estimate of drug-likeness (QED) is 0.759. The molecule has 1 heterocycles. The summed E-state index contributed by atoms with van der Waals surface area (Å²) in [6.07, 6.45) is 4.02. The van der Waals surface area contributed by atoms with Gasteiger partial charge in [0, 0.05) is 31.2 Å². The minimum atomic E-state index is 0.124. The lowest BCUT2D eigenvalue weighted by atomic mass is 9.95. The molecular weight excluding hydrogens is 210 g/mol. The Labute approximate surface area is 96.8 Å². The topological polar surface area (TPSA) is 29.9 Å². The molecule has 0 aliphatic carbocycles. The van der Waals surface area contributed by atoms with Gasteiger partial charge in [-0.25, -0.2) is 0 Å². The first-order chi connectivity index (χ1) is 7.09. The number of hydrogen-bond donors (Lipinski definition) is 1. The zero-order valence-corrected chi connectivity index (χ0v) is 10.5. The standard InChI is InChI=1S/C11H20ClN3/c1-4-11(2,6-7-12)13-9-10-5-8-15(3)14-10/h5,8,13H,4,6-7,9H2,1-3H3. The Kier molecular flexibility index (Phi) is 4.61. The minimum Gasteiger partial charge on any atom is -0.306 e. The fraction of sp³-hybridized carbons (Fsp3) is 0.727. The third-order valence-electron chi connectivity index (χ3n) is 2.89. The van der Waals surface area contributed by atoms with E-state index in [4.69, 9.17) is 11.6 Å². The lowest BCUT2D eigenvalue weighted by Crippen LogP contribution is -2.41. The van der Waals surface area contributed by atoms with E-state index in [-0.39, 0.29) is 5.54 Å². The summed E-state index contributed by atoms with van der Waals surface area (Å²) in [5.74, 6) is 0.694. The summed E-state index contributed by atoms with van der Waals surface area (Å²) in [6, 6.07) is 2.03. The largest absolute Gasteiger partial charge is 0.306 e. The molecule has 15 heavy (non-hydrogen) atoms. The van der Waals surface area contributed by atoms with Gasteiger partial charge in [0.25, 0.3) is 0 Å². The van der Waals surface area contributed by atoms with Crippen LogP contribution in [0, 0.1) is 0 Å². The molecule has 1 aromatic rings. The van der Waals surface area contributed by atoms with E-state index in [0.717, 1.165) is 25.1 Å². The van der Waals surface area contributed by atoms with Crippen molar-refractivity contribution >= 4 is 11.6 Å². The number of alkyl halides is 1. The van der Waals surface area contributed by atoms with Crippen molar-refractivity contribution in [2.75, 3.05) is 5.88 Å². The van der Waals surface area contributed by atoms with E-state index in [2.05, 4.69) is 24.3 Å². The third kappa shape index (κ3) is 3.84. The van der Waals surface area contributed by atoms with Crippen molar-refractivity contribution in [3.05, 3.63) is 18.0 Å². The van der Waals surface area contributed by atoms with E-state index >= 15 is 0 Å². The highest BCUT2D eigenvalue weighted by Gasteiger charge is 2.20. The van der Waals surface area contributed by atoms with E-state index in [9.17, 15) is 0 Å². The van der Waals surface area contributed by atoms with Crippen LogP contribution < -0.4 is 5.32 Å². The average molecular weight is 230 g/mol. The molecule has 0 amide bonds. The fourth-order valence-electron chi connectivity index (χ4n) is 1.46. The van der Waals surface area contributed by atoms with E-state index in [1.165, 1.54) is 0 Å². The van der Waals surface area contributed by atoms with Crippen LogP contribution in [0.1, 0.15) is 32.4 Å². The van der Waals surface area contributed by atoms with Crippen molar-refractivity contribution in [3.63, 3.8) is 0 Å². The second kappa shape index (κ2) is 5.52. The number of rotatable bonds is 6. The van der Waals surface area contributed by atoms with Crippen molar-refractivity contribution in [2.45, 2.75) is 38.8 Å². The second-order valence-corrected chi connectivity index (χ2v) is 4.57. The third-order valence-corrected chi connectivity index (χ3v) is 3.08. The van der Waals surface area contributed by atoms with Crippen LogP contribution in [0.15, 0.2) is 12.3 Å². The van der Waals surface area contributed by atoms with E-state index in [0.29, 0.717) is 5.88 Å². The number of aryl methyl sites for hydroxylation is 1. The molecule has 0 radical (unpaired) electrons. The number of aromatic nitrogens is 2. The predicted octanol–water partition coefficient (Wildman–Crippen LogP) is 2.31. The van der Waals surface area contributed by atoms with Crippen LogP contribution in [0.2, 0.25) is 0 Å². The summed E-state index contributed by atoms with van der Waals surface area (Å²) in [5.41, 5.74) is 1.20. The van der Waals surface area contributed by atoms with Crippen molar-refractivity contribution < 1.29 is 0 Å². The second-order valence-electron chi connectivity index (χ2n) is 4.19. The van der Waals surface area contributed by atoms with Gasteiger partial charge in [0.1, 0.15) is 0 Å². The van der Waals surface area contributed by atoms with Crippen LogP contribution in [-0.4, -0.2) is 21.2 Å². The van der Waals surface area contributed by atoms with Crippen molar-refractivity contribution in [3.8, 4) is 0 Å². The highest BCUT2D eigenvalue weighted by atomic mass is 35.5. The number of halogens is 1. The molecule has 3 nitrogen and oxygen atoms in total. The van der Waals surface area contributed by atoms with Gasteiger partial charge >= 0.3 is 0 Å². The van der Waals surface area contributed by atoms with E-state index in [1.807, 2.05) is 24.0 Å². The summed E-state index contributed by atoms with van der Waals surface area (Å²) in [7, 11) is 1.93. The van der Waals surface area contributed by atoms with Gasteiger partial charge in [0.15, 0.2) is 0 Å². The molecule has 0 aromatic carbocycles. The first-order valence-electron chi connectivity index (χ1n) is 5.39. The van der Waals surface area contributed by atoms with Gasteiger partial charge in [0.2, 0.25) is 0 Å². The van der Waals surface area contributed by atoms with Crippen LogP contribution in [0.5, 0.6) is 0 Å². The predicted molar refractivity (Wildman–Crippen MR) is 64.1 cm³/mol. The van der Waals surface area contributed by atoms with Gasteiger partial charge in [-0.3, -0.25) is 4.68 Å². The van der Waals surface area contributed by atoms with Crippen molar-refractivity contribution in [1.29, 1.82) is 0 Å². The van der Waals surface area contributed by atoms with Gasteiger partial charge in [-0.2, -0.15) is 5.10 Å². The molecule has 1 unspecified atom stereocenters. The molecule has 1 aromatic heterocycles. The van der Waals surface area contributed by atoms with Gasteiger partial charge in [-0.05, 0) is 25.8 Å². The Balaban J connectivity index is 2.47. The summed E-state index contributed by atoms with van der Waals surface area (Å²) in [5, 5.41) is 7.85. The Morgan fingerprint density at radius 3 is 2.80 bits per heavy atom. The number of nitrogens with one attached hydrogen (secondary N) is 1. The van der Waals surface area contributed by atoms with Crippen LogP contribution in [0.25, 0.3) is 0 Å². The van der Waals surface area contributed by atoms with Gasteiger partial charge in [-0.1, -0.05) is 6.92 Å². The molecule has 1 rings (SSSR count). The first kappa shape index (κ1) is 12.5. The maximum absolute atomic E-state index is 5.79. The first-order valence-corrected chi connectivity index (χ1v) is 5.92. The molecule has 0 aliphatic rings. The fourth-order valence-corrected chi connectivity index (χ4v) is 1.88. The maximum Gasteiger partial charge on any atom is 0.0762 e. The SMILES string of the molecule is CCC(C)(CCCl)NCc1ccn(C)n1. The maximum atomic E-state index is 5.79. The summed E-state index contributed by atoms with van der Waals surface area (Å²) < 4.78 is 1.82. The lowest BCUT2D eigenvalue weighted by molar-refractivity contribution is 0.329. The van der Waals surface area contributed by atoms with Crippen LogP contribution in [0.4, 0.5) is 0 Å². The monoisotopic (exact) mass is 229 g/mol. The molecule has 1 atom stereocenters. The molecule has 4 heteroatoms. The van der Waals surface area contributed by atoms with Gasteiger partial charge < -0.3 is 5.32 Å². The molecule has 0 saturated heterocycles. The highest BCUT2D eigenvalue weighted by molar-refractivity contribution is 6.17. The molecule has 0 spiro atoms. The Hall–Kier alpha value is -0.540. The van der Waals surface area contributed by atoms with Gasteiger partial charge in [0.05, 0.1) is 5.69 Å². The zero-order valence-electron chi connectivity index (χ0n) is 9.76. The smallest absolute Gasteiger partial charge is 0.0762 e. The van der Waals surface area contributed by atoms with Gasteiger partial charge in [-0.15, -0.1) is 11.6 Å². The summed E-state index contributed by atoms with van der Waals surface area (Å²) in [6.45, 7) is 5.19.